The molecule has 0 saturated carbocycles. The summed E-state index contributed by atoms with van der Waals surface area (Å²) in [6.07, 6.45) is 3.89. The highest BCUT2D eigenvalue weighted by atomic mass is 14.9. The average Bonchev–Trinajstić information content (AvgIpc) is 3.05. The third-order valence-electron chi connectivity index (χ3n) is 3.61. The fraction of sp³-hybridized carbons (Fsp3) is 0.267. The van der Waals surface area contributed by atoms with Crippen LogP contribution in [0, 0.1) is 0 Å². The van der Waals surface area contributed by atoms with Crippen molar-refractivity contribution >= 4 is 10.9 Å². The van der Waals surface area contributed by atoms with Crippen molar-refractivity contribution in [3.05, 3.63) is 42.5 Å². The van der Waals surface area contributed by atoms with E-state index in [-0.39, 0.29) is 5.41 Å². The molecule has 0 aliphatic carbocycles. The molecule has 0 aliphatic heterocycles. The van der Waals surface area contributed by atoms with Crippen LogP contribution in [0.25, 0.3) is 22.2 Å². The molecule has 98 valence electrons. The number of nitrogens with one attached hydrogen (secondary N) is 2. The van der Waals surface area contributed by atoms with E-state index in [1.54, 1.807) is 0 Å². The Morgan fingerprint density at radius 2 is 2.05 bits per heavy atom. The molecule has 1 aromatic carbocycles. The van der Waals surface area contributed by atoms with E-state index in [4.69, 9.17) is 5.73 Å². The number of aromatic amines is 2. The van der Waals surface area contributed by atoms with Crippen LogP contribution in [-0.4, -0.2) is 21.5 Å². The number of H-pyrrole nitrogens is 2. The normalized spacial score (nSPS) is 12.2. The maximum Gasteiger partial charge on any atom is 0.113 e. The van der Waals surface area contributed by atoms with Crippen molar-refractivity contribution in [1.82, 2.24) is 15.0 Å². The number of nitrogens with two attached hydrogens (primary N) is 1. The standard InChI is InChI=1S/C15H18N4/c1-15(2,9-16)14-18-8-13(19-14)11-7-17-12-6-4-3-5-10(11)12/h3-8,17H,9,16H2,1-2H3,(H,18,19). The van der Waals surface area contributed by atoms with E-state index in [0.717, 1.165) is 22.6 Å². The molecular formula is C15H18N4. The molecule has 0 amide bonds. The zero-order valence-electron chi connectivity index (χ0n) is 11.2. The van der Waals surface area contributed by atoms with Crippen LogP contribution in [0.1, 0.15) is 19.7 Å². The number of imidazole rings is 1. The van der Waals surface area contributed by atoms with Crippen molar-refractivity contribution in [2.24, 2.45) is 5.73 Å². The number of nitrogens with zero attached hydrogens (tertiary/aromatic N) is 1. The predicted octanol–water partition coefficient (Wildman–Crippen LogP) is 2.79. The number of aromatic nitrogens is 3. The molecule has 19 heavy (non-hydrogen) atoms. The summed E-state index contributed by atoms with van der Waals surface area (Å²) in [6.45, 7) is 4.74. The van der Waals surface area contributed by atoms with Gasteiger partial charge in [0.2, 0.25) is 0 Å². The number of hydrogen-bond donors (Lipinski definition) is 3. The summed E-state index contributed by atoms with van der Waals surface area (Å²) in [5.41, 5.74) is 8.95. The van der Waals surface area contributed by atoms with Crippen LogP contribution < -0.4 is 5.73 Å². The lowest BCUT2D eigenvalue weighted by molar-refractivity contribution is 0.508. The van der Waals surface area contributed by atoms with Gasteiger partial charge in [-0.25, -0.2) is 4.98 Å². The quantitative estimate of drug-likeness (QED) is 0.672. The zero-order chi connectivity index (χ0) is 13.5. The molecule has 3 rings (SSSR count). The third-order valence-corrected chi connectivity index (χ3v) is 3.61. The monoisotopic (exact) mass is 254 g/mol. The topological polar surface area (TPSA) is 70.5 Å². The Morgan fingerprint density at radius 1 is 1.26 bits per heavy atom. The summed E-state index contributed by atoms with van der Waals surface area (Å²) in [5, 5.41) is 1.20. The molecule has 0 atom stereocenters. The van der Waals surface area contributed by atoms with Gasteiger partial charge in [0.1, 0.15) is 5.82 Å². The molecule has 0 spiro atoms. The van der Waals surface area contributed by atoms with Crippen molar-refractivity contribution in [2.45, 2.75) is 19.3 Å². The summed E-state index contributed by atoms with van der Waals surface area (Å²) < 4.78 is 0. The van der Waals surface area contributed by atoms with E-state index in [1.165, 1.54) is 5.39 Å². The molecule has 0 aliphatic rings. The minimum Gasteiger partial charge on any atom is -0.360 e. The Bertz CT molecular complexity index is 706. The van der Waals surface area contributed by atoms with Gasteiger partial charge in [-0.1, -0.05) is 32.0 Å². The fourth-order valence-electron chi connectivity index (χ4n) is 2.19. The third kappa shape index (κ3) is 1.94. The first kappa shape index (κ1) is 12.0. The van der Waals surface area contributed by atoms with Gasteiger partial charge in [0, 0.05) is 34.6 Å². The molecule has 0 radical (unpaired) electrons. The smallest absolute Gasteiger partial charge is 0.113 e. The van der Waals surface area contributed by atoms with Gasteiger partial charge < -0.3 is 15.7 Å². The summed E-state index contributed by atoms with van der Waals surface area (Å²) in [5.74, 6) is 0.926. The van der Waals surface area contributed by atoms with Crippen LogP contribution >= 0.6 is 0 Å². The van der Waals surface area contributed by atoms with Gasteiger partial charge in [0.25, 0.3) is 0 Å². The van der Waals surface area contributed by atoms with Crippen LogP contribution in [0.4, 0.5) is 0 Å². The molecule has 0 saturated heterocycles. The highest BCUT2D eigenvalue weighted by molar-refractivity contribution is 5.94. The molecule has 4 heteroatoms. The first-order chi connectivity index (χ1) is 9.12. The molecule has 2 aromatic heterocycles. The molecule has 0 unspecified atom stereocenters. The highest BCUT2D eigenvalue weighted by Crippen LogP contribution is 2.29. The maximum absolute atomic E-state index is 5.79. The second kappa shape index (κ2) is 4.24. The molecule has 0 fully saturated rings. The maximum atomic E-state index is 5.79. The van der Waals surface area contributed by atoms with Crippen molar-refractivity contribution < 1.29 is 0 Å². The Kier molecular flexibility index (Phi) is 2.68. The summed E-state index contributed by atoms with van der Waals surface area (Å²) in [7, 11) is 0. The lowest BCUT2D eigenvalue weighted by atomic mass is 9.93. The lowest BCUT2D eigenvalue weighted by Crippen LogP contribution is -2.29. The van der Waals surface area contributed by atoms with E-state index >= 15 is 0 Å². The molecule has 0 bridgehead atoms. The summed E-state index contributed by atoms with van der Waals surface area (Å²) in [4.78, 5) is 11.1. The molecule has 3 aromatic rings. The number of para-hydroxylation sites is 1. The second-order valence-electron chi connectivity index (χ2n) is 5.48. The average molecular weight is 254 g/mol. The molecule has 2 heterocycles. The van der Waals surface area contributed by atoms with Gasteiger partial charge >= 0.3 is 0 Å². The first-order valence-electron chi connectivity index (χ1n) is 6.44. The van der Waals surface area contributed by atoms with E-state index in [9.17, 15) is 0 Å². The summed E-state index contributed by atoms with van der Waals surface area (Å²) in [6, 6.07) is 8.25. The minimum absolute atomic E-state index is 0.135. The second-order valence-corrected chi connectivity index (χ2v) is 5.48. The van der Waals surface area contributed by atoms with Gasteiger partial charge in [0.15, 0.2) is 0 Å². The van der Waals surface area contributed by atoms with E-state index in [2.05, 4.69) is 40.9 Å². The van der Waals surface area contributed by atoms with Gasteiger partial charge in [-0.05, 0) is 6.07 Å². The number of fused-ring (bicyclic) bond motifs is 1. The van der Waals surface area contributed by atoms with Gasteiger partial charge in [0.05, 0.1) is 11.9 Å². The van der Waals surface area contributed by atoms with Crippen LogP contribution in [0.2, 0.25) is 0 Å². The van der Waals surface area contributed by atoms with Crippen molar-refractivity contribution in [3.63, 3.8) is 0 Å². The van der Waals surface area contributed by atoms with E-state index in [1.807, 2.05) is 24.5 Å². The Balaban J connectivity index is 2.08. The van der Waals surface area contributed by atoms with Crippen molar-refractivity contribution in [2.75, 3.05) is 6.54 Å². The first-order valence-corrected chi connectivity index (χ1v) is 6.44. The summed E-state index contributed by atoms with van der Waals surface area (Å²) >= 11 is 0. The highest BCUT2D eigenvalue weighted by Gasteiger charge is 2.22. The Labute approximate surface area is 112 Å². The van der Waals surface area contributed by atoms with Gasteiger partial charge in [-0.15, -0.1) is 0 Å². The molecule has 4 N–H and O–H groups in total. The fourth-order valence-corrected chi connectivity index (χ4v) is 2.19. The van der Waals surface area contributed by atoms with Crippen molar-refractivity contribution in [3.8, 4) is 11.3 Å². The largest absolute Gasteiger partial charge is 0.360 e. The minimum atomic E-state index is -0.135. The van der Waals surface area contributed by atoms with Crippen LogP contribution in [0.3, 0.4) is 0 Å². The Morgan fingerprint density at radius 3 is 2.84 bits per heavy atom. The van der Waals surface area contributed by atoms with Crippen molar-refractivity contribution in [1.29, 1.82) is 0 Å². The Hall–Kier alpha value is -2.07. The van der Waals surface area contributed by atoms with E-state index in [0.29, 0.717) is 6.54 Å². The number of rotatable bonds is 3. The van der Waals surface area contributed by atoms with Gasteiger partial charge in [-0.3, -0.25) is 0 Å². The molecule has 4 nitrogen and oxygen atoms in total. The SMILES string of the molecule is CC(C)(CN)c1ncc(-c2c[nH]c3ccccc23)[nH]1. The van der Waals surface area contributed by atoms with E-state index < -0.39 is 0 Å². The van der Waals surface area contributed by atoms with Gasteiger partial charge in [-0.2, -0.15) is 0 Å². The predicted molar refractivity (Wildman–Crippen MR) is 78.0 cm³/mol. The zero-order valence-corrected chi connectivity index (χ0v) is 11.2. The number of benzene rings is 1. The van der Waals surface area contributed by atoms with Crippen LogP contribution in [0.15, 0.2) is 36.7 Å². The van der Waals surface area contributed by atoms with Crippen LogP contribution in [-0.2, 0) is 5.41 Å². The van der Waals surface area contributed by atoms with Crippen LogP contribution in [0.5, 0.6) is 0 Å². The lowest BCUT2D eigenvalue weighted by Gasteiger charge is -2.18. The number of hydrogen-bond acceptors (Lipinski definition) is 2. The molecular weight excluding hydrogens is 236 g/mol.